The van der Waals surface area contributed by atoms with Gasteiger partial charge in [-0.3, -0.25) is 14.9 Å². The van der Waals surface area contributed by atoms with Crippen LogP contribution in [-0.4, -0.2) is 48.4 Å². The summed E-state index contributed by atoms with van der Waals surface area (Å²) in [5, 5.41) is 11.2. The van der Waals surface area contributed by atoms with E-state index < -0.39 is 17.5 Å². The number of benzene rings is 2. The molecule has 8 heteroatoms. The zero-order valence-corrected chi connectivity index (χ0v) is 17.8. The Hall–Kier alpha value is -3.42. The molecule has 0 saturated carbocycles. The minimum absolute atomic E-state index is 0.114. The zero-order valence-electron chi connectivity index (χ0n) is 17.8. The highest BCUT2D eigenvalue weighted by Crippen LogP contribution is 2.29. The van der Waals surface area contributed by atoms with E-state index in [0.717, 1.165) is 37.9 Å². The maximum Gasteiger partial charge on any atom is 0.341 e. The Bertz CT molecular complexity index is 941. The number of likely N-dealkylation sites (N-methyl/N-ethyl adjacent to an activating group) is 1. The zero-order chi connectivity index (χ0) is 22.4. The molecule has 1 atom stereocenters. The van der Waals surface area contributed by atoms with Crippen LogP contribution in [0.4, 0.5) is 11.4 Å². The average Bonchev–Trinajstić information content (AvgIpc) is 2.82. The van der Waals surface area contributed by atoms with Gasteiger partial charge in [-0.15, -0.1) is 0 Å². The Morgan fingerprint density at radius 3 is 2.45 bits per heavy atom. The van der Waals surface area contributed by atoms with Crippen molar-refractivity contribution in [1.29, 1.82) is 0 Å². The molecule has 8 nitrogen and oxygen atoms in total. The lowest BCUT2D eigenvalue weighted by Crippen LogP contribution is -2.34. The summed E-state index contributed by atoms with van der Waals surface area (Å²) in [4.78, 5) is 39.6. The lowest BCUT2D eigenvalue weighted by molar-refractivity contribution is -0.384. The van der Waals surface area contributed by atoms with E-state index in [9.17, 15) is 19.7 Å². The van der Waals surface area contributed by atoms with Crippen molar-refractivity contribution in [1.82, 2.24) is 4.90 Å². The van der Waals surface area contributed by atoms with Crippen molar-refractivity contribution in [2.45, 2.75) is 32.2 Å². The van der Waals surface area contributed by atoms with Crippen LogP contribution in [0.1, 0.15) is 48.1 Å². The van der Waals surface area contributed by atoms with Crippen LogP contribution in [0.15, 0.2) is 48.5 Å². The third-order valence-electron chi connectivity index (χ3n) is 5.69. The second kappa shape index (κ2) is 10.1. The molecule has 164 valence electrons. The SMILES string of the molecule is CC(c1ccccc1)N(C)C(=O)COC(=O)c1cc([N+](=O)[O-])ccc1N1CCCCC1. The smallest absolute Gasteiger partial charge is 0.341 e. The molecule has 1 aliphatic rings. The van der Waals surface area contributed by atoms with E-state index in [-0.39, 0.29) is 23.2 Å². The van der Waals surface area contributed by atoms with Crippen LogP contribution < -0.4 is 4.90 Å². The van der Waals surface area contributed by atoms with Crippen LogP contribution in [0.3, 0.4) is 0 Å². The highest BCUT2D eigenvalue weighted by atomic mass is 16.6. The molecule has 0 aromatic heterocycles. The van der Waals surface area contributed by atoms with Crippen molar-refractivity contribution in [3.8, 4) is 0 Å². The number of hydrogen-bond acceptors (Lipinski definition) is 6. The van der Waals surface area contributed by atoms with Gasteiger partial charge in [-0.1, -0.05) is 30.3 Å². The molecular formula is C23H27N3O5. The number of ether oxygens (including phenoxy) is 1. The summed E-state index contributed by atoms with van der Waals surface area (Å²) < 4.78 is 5.28. The van der Waals surface area contributed by atoms with Crippen LogP contribution in [-0.2, 0) is 9.53 Å². The molecule has 0 N–H and O–H groups in total. The van der Waals surface area contributed by atoms with Gasteiger partial charge in [-0.05, 0) is 37.8 Å². The van der Waals surface area contributed by atoms with Gasteiger partial charge in [0.1, 0.15) is 0 Å². The Kier molecular flexibility index (Phi) is 7.23. The lowest BCUT2D eigenvalue weighted by Gasteiger charge is -2.30. The maximum atomic E-state index is 12.8. The van der Waals surface area contributed by atoms with Crippen molar-refractivity contribution in [2.75, 3.05) is 31.6 Å². The first-order valence-electron chi connectivity index (χ1n) is 10.4. The molecule has 1 aliphatic heterocycles. The van der Waals surface area contributed by atoms with E-state index in [1.54, 1.807) is 13.1 Å². The second-order valence-electron chi connectivity index (χ2n) is 7.67. The van der Waals surface area contributed by atoms with E-state index in [2.05, 4.69) is 0 Å². The highest BCUT2D eigenvalue weighted by molar-refractivity contribution is 5.97. The first-order valence-corrected chi connectivity index (χ1v) is 10.4. The minimum Gasteiger partial charge on any atom is -0.452 e. The number of nitro benzene ring substituents is 1. The number of amides is 1. The first-order chi connectivity index (χ1) is 14.9. The average molecular weight is 425 g/mol. The molecule has 1 unspecified atom stereocenters. The van der Waals surface area contributed by atoms with E-state index in [1.807, 2.05) is 42.2 Å². The lowest BCUT2D eigenvalue weighted by atomic mass is 10.1. The molecule has 1 saturated heterocycles. The van der Waals surface area contributed by atoms with E-state index >= 15 is 0 Å². The van der Waals surface area contributed by atoms with Crippen LogP contribution >= 0.6 is 0 Å². The van der Waals surface area contributed by atoms with E-state index in [4.69, 9.17) is 4.74 Å². The monoisotopic (exact) mass is 425 g/mol. The second-order valence-corrected chi connectivity index (χ2v) is 7.67. The molecule has 1 fully saturated rings. The van der Waals surface area contributed by atoms with Gasteiger partial charge in [0, 0.05) is 32.3 Å². The number of nitrogens with zero attached hydrogens (tertiary/aromatic N) is 3. The first kappa shape index (κ1) is 22.3. The third kappa shape index (κ3) is 5.39. The predicted molar refractivity (Wildman–Crippen MR) is 117 cm³/mol. The van der Waals surface area contributed by atoms with Crippen LogP contribution in [0.2, 0.25) is 0 Å². The Labute approximate surface area is 181 Å². The Morgan fingerprint density at radius 2 is 1.81 bits per heavy atom. The summed E-state index contributed by atoms with van der Waals surface area (Å²) in [5.41, 5.74) is 1.50. The molecule has 3 rings (SSSR count). The quantitative estimate of drug-likeness (QED) is 0.379. The van der Waals surface area contributed by atoms with Crippen molar-refractivity contribution in [2.24, 2.45) is 0 Å². The summed E-state index contributed by atoms with van der Waals surface area (Å²) in [6.45, 7) is 3.00. The van der Waals surface area contributed by atoms with Gasteiger partial charge < -0.3 is 14.5 Å². The molecule has 2 aromatic rings. The molecule has 0 aliphatic carbocycles. The fourth-order valence-electron chi connectivity index (χ4n) is 3.69. The molecular weight excluding hydrogens is 398 g/mol. The van der Waals surface area contributed by atoms with Gasteiger partial charge in [0.25, 0.3) is 11.6 Å². The molecule has 1 amide bonds. The number of nitro groups is 1. The van der Waals surface area contributed by atoms with Gasteiger partial charge in [0.05, 0.1) is 22.2 Å². The number of anilines is 1. The fraction of sp³-hybridized carbons (Fsp3) is 0.391. The van der Waals surface area contributed by atoms with Crippen molar-refractivity contribution >= 4 is 23.3 Å². The van der Waals surface area contributed by atoms with Gasteiger partial charge in [-0.25, -0.2) is 4.79 Å². The maximum absolute atomic E-state index is 12.8. The molecule has 1 heterocycles. The summed E-state index contributed by atoms with van der Waals surface area (Å²) >= 11 is 0. The molecule has 31 heavy (non-hydrogen) atoms. The molecule has 0 bridgehead atoms. The van der Waals surface area contributed by atoms with Crippen LogP contribution in [0.25, 0.3) is 0 Å². The minimum atomic E-state index is -0.738. The Balaban J connectivity index is 1.72. The largest absolute Gasteiger partial charge is 0.452 e. The van der Waals surface area contributed by atoms with E-state index in [1.165, 1.54) is 17.0 Å². The summed E-state index contributed by atoms with van der Waals surface area (Å²) in [6, 6.07) is 13.6. The highest BCUT2D eigenvalue weighted by Gasteiger charge is 2.24. The number of hydrogen-bond donors (Lipinski definition) is 0. The molecule has 0 radical (unpaired) electrons. The van der Waals surface area contributed by atoms with Crippen LogP contribution in [0.5, 0.6) is 0 Å². The number of piperidine rings is 1. The normalized spacial score (nSPS) is 14.6. The summed E-state index contributed by atoms with van der Waals surface area (Å²) in [6.07, 6.45) is 3.10. The summed E-state index contributed by atoms with van der Waals surface area (Å²) in [5.74, 6) is -1.09. The van der Waals surface area contributed by atoms with Gasteiger partial charge in [0.2, 0.25) is 0 Å². The van der Waals surface area contributed by atoms with Gasteiger partial charge in [-0.2, -0.15) is 0 Å². The third-order valence-corrected chi connectivity index (χ3v) is 5.69. The number of carbonyl (C=O) groups is 2. The van der Waals surface area contributed by atoms with Crippen LogP contribution in [0, 0.1) is 10.1 Å². The standard InChI is InChI=1S/C23H27N3O5/c1-17(18-9-5-3-6-10-18)24(2)22(27)16-31-23(28)20-15-19(26(29)30)11-12-21(20)25-13-7-4-8-14-25/h3,5-6,9-12,15,17H,4,7-8,13-14,16H2,1-2H3. The topological polar surface area (TPSA) is 93.0 Å². The molecule has 2 aromatic carbocycles. The fourth-order valence-corrected chi connectivity index (χ4v) is 3.69. The van der Waals surface area contributed by atoms with Crippen molar-refractivity contribution in [3.05, 3.63) is 69.8 Å². The Morgan fingerprint density at radius 1 is 1.13 bits per heavy atom. The van der Waals surface area contributed by atoms with E-state index in [0.29, 0.717) is 5.69 Å². The van der Waals surface area contributed by atoms with Gasteiger partial charge >= 0.3 is 5.97 Å². The number of non-ortho nitro benzene ring substituents is 1. The number of carbonyl (C=O) groups excluding carboxylic acids is 2. The predicted octanol–water partition coefficient (Wildman–Crippen LogP) is 3.96. The molecule has 0 spiro atoms. The van der Waals surface area contributed by atoms with Crippen molar-refractivity contribution in [3.63, 3.8) is 0 Å². The number of rotatable bonds is 7. The number of esters is 1. The summed E-state index contributed by atoms with van der Waals surface area (Å²) in [7, 11) is 1.65. The van der Waals surface area contributed by atoms with Crippen molar-refractivity contribution < 1.29 is 19.2 Å². The van der Waals surface area contributed by atoms with Gasteiger partial charge in [0.15, 0.2) is 6.61 Å².